The molecule has 0 aromatic carbocycles. The standard InChI is InChI=1S/C19H30N6.HI/c1-5-20-19(22-10-6-7-15(2)3)24-14-17-8-9-18(23-13-17)25-12-11-21-16(25)4;/h8-9,11-13,15H,5-7,10,14H2,1-4H3,(H2,20,22,24);1H. The zero-order valence-electron chi connectivity index (χ0n) is 16.2. The second-order valence-electron chi connectivity index (χ2n) is 6.53. The number of nitrogens with zero attached hydrogens (tertiary/aromatic N) is 4. The number of hydrogen-bond acceptors (Lipinski definition) is 3. The van der Waals surface area contributed by atoms with Gasteiger partial charge in [0.25, 0.3) is 0 Å². The first-order valence-electron chi connectivity index (χ1n) is 9.07. The Morgan fingerprint density at radius 1 is 1.23 bits per heavy atom. The van der Waals surface area contributed by atoms with Crippen molar-refractivity contribution in [3.05, 3.63) is 42.1 Å². The first-order valence-corrected chi connectivity index (χ1v) is 9.07. The molecule has 0 aliphatic carbocycles. The average Bonchev–Trinajstić information content (AvgIpc) is 3.02. The normalized spacial score (nSPS) is 11.3. The van der Waals surface area contributed by atoms with Crippen molar-refractivity contribution in [1.29, 1.82) is 0 Å². The van der Waals surface area contributed by atoms with E-state index in [4.69, 9.17) is 0 Å². The highest BCUT2D eigenvalue weighted by Crippen LogP contribution is 2.09. The van der Waals surface area contributed by atoms with Gasteiger partial charge in [0, 0.05) is 31.7 Å². The highest BCUT2D eigenvalue weighted by Gasteiger charge is 2.03. The quantitative estimate of drug-likeness (QED) is 0.267. The molecular formula is C19H31IN6. The van der Waals surface area contributed by atoms with Crippen molar-refractivity contribution in [3.63, 3.8) is 0 Å². The Kier molecular flexibility index (Phi) is 10.2. The zero-order valence-corrected chi connectivity index (χ0v) is 18.5. The number of aromatic nitrogens is 3. The summed E-state index contributed by atoms with van der Waals surface area (Å²) in [6, 6.07) is 4.07. The number of imidazole rings is 1. The third-order valence-corrected chi connectivity index (χ3v) is 3.90. The molecule has 0 amide bonds. The predicted molar refractivity (Wildman–Crippen MR) is 118 cm³/mol. The lowest BCUT2D eigenvalue weighted by Gasteiger charge is -2.12. The number of nitrogens with one attached hydrogen (secondary N) is 2. The van der Waals surface area contributed by atoms with E-state index in [1.54, 1.807) is 6.20 Å². The third-order valence-electron chi connectivity index (χ3n) is 3.90. The molecule has 0 aliphatic rings. The minimum Gasteiger partial charge on any atom is -0.357 e. The first kappa shape index (κ1) is 22.4. The number of guanidine groups is 1. The van der Waals surface area contributed by atoms with Crippen LogP contribution in [0.3, 0.4) is 0 Å². The summed E-state index contributed by atoms with van der Waals surface area (Å²) in [5.41, 5.74) is 1.08. The Morgan fingerprint density at radius 3 is 2.62 bits per heavy atom. The molecule has 0 spiro atoms. The minimum absolute atomic E-state index is 0. The number of aliphatic imine (C=N–C) groups is 1. The minimum atomic E-state index is 0. The van der Waals surface area contributed by atoms with Gasteiger partial charge in [0.15, 0.2) is 5.96 Å². The van der Waals surface area contributed by atoms with Gasteiger partial charge in [0.2, 0.25) is 0 Å². The monoisotopic (exact) mass is 470 g/mol. The number of halogens is 1. The van der Waals surface area contributed by atoms with Crippen molar-refractivity contribution in [1.82, 2.24) is 25.2 Å². The van der Waals surface area contributed by atoms with Crippen LogP contribution >= 0.6 is 24.0 Å². The summed E-state index contributed by atoms with van der Waals surface area (Å²) in [5, 5.41) is 6.68. The molecule has 144 valence electrons. The van der Waals surface area contributed by atoms with Crippen molar-refractivity contribution in [2.24, 2.45) is 10.9 Å². The maximum Gasteiger partial charge on any atom is 0.191 e. The van der Waals surface area contributed by atoms with Gasteiger partial charge in [-0.2, -0.15) is 0 Å². The fourth-order valence-corrected chi connectivity index (χ4v) is 2.50. The molecule has 0 unspecified atom stereocenters. The smallest absolute Gasteiger partial charge is 0.191 e. The van der Waals surface area contributed by atoms with E-state index in [-0.39, 0.29) is 24.0 Å². The molecule has 7 heteroatoms. The van der Waals surface area contributed by atoms with Gasteiger partial charge in [-0.25, -0.2) is 15.0 Å². The van der Waals surface area contributed by atoms with E-state index in [2.05, 4.69) is 52.4 Å². The van der Waals surface area contributed by atoms with Crippen LogP contribution in [0.1, 0.15) is 45.0 Å². The fraction of sp³-hybridized carbons (Fsp3) is 0.526. The molecular weight excluding hydrogens is 439 g/mol. The molecule has 0 aliphatic heterocycles. The zero-order chi connectivity index (χ0) is 18.1. The van der Waals surface area contributed by atoms with Gasteiger partial charge in [-0.1, -0.05) is 19.9 Å². The Hall–Kier alpha value is -1.64. The summed E-state index contributed by atoms with van der Waals surface area (Å²) in [6.45, 7) is 11.0. The molecule has 0 saturated carbocycles. The van der Waals surface area contributed by atoms with E-state index < -0.39 is 0 Å². The summed E-state index contributed by atoms with van der Waals surface area (Å²) in [5.74, 6) is 3.41. The van der Waals surface area contributed by atoms with Gasteiger partial charge in [-0.05, 0) is 44.2 Å². The number of aryl methyl sites for hydroxylation is 1. The van der Waals surface area contributed by atoms with Crippen LogP contribution < -0.4 is 10.6 Å². The lowest BCUT2D eigenvalue weighted by Crippen LogP contribution is -2.37. The van der Waals surface area contributed by atoms with E-state index in [9.17, 15) is 0 Å². The molecule has 26 heavy (non-hydrogen) atoms. The second kappa shape index (κ2) is 11.9. The first-order chi connectivity index (χ1) is 12.1. The highest BCUT2D eigenvalue weighted by molar-refractivity contribution is 14.0. The van der Waals surface area contributed by atoms with Crippen molar-refractivity contribution in [3.8, 4) is 5.82 Å². The Balaban J connectivity index is 0.00000338. The van der Waals surface area contributed by atoms with Crippen LogP contribution in [0.25, 0.3) is 5.82 Å². The predicted octanol–water partition coefficient (Wildman–Crippen LogP) is 3.69. The summed E-state index contributed by atoms with van der Waals surface area (Å²) in [4.78, 5) is 13.4. The summed E-state index contributed by atoms with van der Waals surface area (Å²) in [7, 11) is 0. The van der Waals surface area contributed by atoms with E-state index in [0.717, 1.165) is 48.6 Å². The van der Waals surface area contributed by atoms with Crippen LogP contribution in [0.4, 0.5) is 0 Å². The molecule has 0 radical (unpaired) electrons. The molecule has 2 heterocycles. The second-order valence-corrected chi connectivity index (χ2v) is 6.53. The van der Waals surface area contributed by atoms with Crippen LogP contribution in [0.15, 0.2) is 35.7 Å². The van der Waals surface area contributed by atoms with Gasteiger partial charge < -0.3 is 10.6 Å². The van der Waals surface area contributed by atoms with Crippen LogP contribution in [0.5, 0.6) is 0 Å². The fourth-order valence-electron chi connectivity index (χ4n) is 2.50. The SMILES string of the molecule is CCNC(=NCc1ccc(-n2ccnc2C)nc1)NCCCC(C)C.I. The Morgan fingerprint density at radius 2 is 2.04 bits per heavy atom. The van der Waals surface area contributed by atoms with Gasteiger partial charge in [-0.3, -0.25) is 4.57 Å². The Labute approximate surface area is 174 Å². The van der Waals surface area contributed by atoms with Gasteiger partial charge in [0.1, 0.15) is 11.6 Å². The maximum absolute atomic E-state index is 4.65. The average molecular weight is 470 g/mol. The third kappa shape index (κ3) is 7.31. The molecule has 0 atom stereocenters. The molecule has 0 fully saturated rings. The largest absolute Gasteiger partial charge is 0.357 e. The summed E-state index contributed by atoms with van der Waals surface area (Å²) < 4.78 is 1.97. The van der Waals surface area contributed by atoms with Crippen molar-refractivity contribution in [2.45, 2.75) is 47.1 Å². The molecule has 2 rings (SSSR count). The number of rotatable bonds is 8. The van der Waals surface area contributed by atoms with E-state index in [1.165, 1.54) is 6.42 Å². The molecule has 0 bridgehead atoms. The summed E-state index contributed by atoms with van der Waals surface area (Å²) in [6.07, 6.45) is 7.96. The molecule has 2 aromatic heterocycles. The van der Waals surface area contributed by atoms with Gasteiger partial charge in [-0.15, -0.1) is 24.0 Å². The number of pyridine rings is 1. The lowest BCUT2D eigenvalue weighted by molar-refractivity contribution is 0.549. The van der Waals surface area contributed by atoms with Crippen LogP contribution in [0.2, 0.25) is 0 Å². The molecule has 2 aromatic rings. The van der Waals surface area contributed by atoms with Crippen molar-refractivity contribution in [2.75, 3.05) is 13.1 Å². The van der Waals surface area contributed by atoms with E-state index >= 15 is 0 Å². The maximum atomic E-state index is 4.65. The summed E-state index contributed by atoms with van der Waals surface area (Å²) >= 11 is 0. The lowest BCUT2D eigenvalue weighted by atomic mass is 10.1. The van der Waals surface area contributed by atoms with Crippen LogP contribution in [-0.2, 0) is 6.54 Å². The van der Waals surface area contributed by atoms with Gasteiger partial charge >= 0.3 is 0 Å². The van der Waals surface area contributed by atoms with E-state index in [1.807, 2.05) is 30.0 Å². The topological polar surface area (TPSA) is 67.1 Å². The van der Waals surface area contributed by atoms with Gasteiger partial charge in [0.05, 0.1) is 6.54 Å². The van der Waals surface area contributed by atoms with Crippen LogP contribution in [0, 0.1) is 12.8 Å². The van der Waals surface area contributed by atoms with Crippen LogP contribution in [-0.4, -0.2) is 33.6 Å². The molecule has 6 nitrogen and oxygen atoms in total. The van der Waals surface area contributed by atoms with E-state index in [0.29, 0.717) is 6.54 Å². The molecule has 0 saturated heterocycles. The van der Waals surface area contributed by atoms with Crippen molar-refractivity contribution < 1.29 is 0 Å². The highest BCUT2D eigenvalue weighted by atomic mass is 127. The number of hydrogen-bond donors (Lipinski definition) is 2. The Bertz CT molecular complexity index is 663. The van der Waals surface area contributed by atoms with Crippen molar-refractivity contribution >= 4 is 29.9 Å². The molecule has 2 N–H and O–H groups in total.